The second-order valence-corrected chi connectivity index (χ2v) is 8.65. The lowest BCUT2D eigenvalue weighted by atomic mass is 10.1. The monoisotopic (exact) mass is 441 g/mol. The van der Waals surface area contributed by atoms with E-state index in [1.807, 2.05) is 57.4 Å². The van der Waals surface area contributed by atoms with E-state index in [4.69, 9.17) is 16.6 Å². The van der Waals surface area contributed by atoms with Crippen LogP contribution in [-0.4, -0.2) is 67.0 Å². The molecule has 162 valence electrons. The van der Waals surface area contributed by atoms with E-state index in [2.05, 4.69) is 5.10 Å². The molecule has 31 heavy (non-hydrogen) atoms. The average molecular weight is 442 g/mol. The molecule has 1 aromatic heterocycles. The van der Waals surface area contributed by atoms with Crippen molar-refractivity contribution in [3.05, 3.63) is 51.8 Å². The highest BCUT2D eigenvalue weighted by Gasteiger charge is 2.54. The molecule has 0 N–H and O–H groups in total. The van der Waals surface area contributed by atoms with Gasteiger partial charge in [0, 0.05) is 17.6 Å². The van der Waals surface area contributed by atoms with Crippen LogP contribution in [0.5, 0.6) is 0 Å². The van der Waals surface area contributed by atoms with Gasteiger partial charge in [0.2, 0.25) is 11.9 Å². The first kappa shape index (κ1) is 21.2. The van der Waals surface area contributed by atoms with Crippen molar-refractivity contribution in [1.82, 2.24) is 19.6 Å². The molecular formula is C22H26ClN6O2+. The van der Waals surface area contributed by atoms with Crippen LogP contribution in [0.2, 0.25) is 5.02 Å². The minimum atomic E-state index is -0.704. The fraction of sp³-hybridized carbons (Fsp3) is 0.409. The number of nitrogens with zero attached hydrogens (tertiary/aromatic N) is 6. The molecule has 2 aliphatic rings. The molecule has 0 radical (unpaired) electrons. The first-order valence-electron chi connectivity index (χ1n) is 10.2. The van der Waals surface area contributed by atoms with E-state index in [-0.39, 0.29) is 18.5 Å². The smallest absolute Gasteiger partial charge is 0.270 e. The Balaban J connectivity index is 1.81. The second kappa shape index (κ2) is 7.60. The fourth-order valence-electron chi connectivity index (χ4n) is 4.01. The van der Waals surface area contributed by atoms with Gasteiger partial charge in [-0.25, -0.2) is 9.37 Å². The van der Waals surface area contributed by atoms with Crippen LogP contribution in [-0.2, 0) is 11.3 Å². The Hall–Kier alpha value is -3.00. The molecule has 0 bridgehead atoms. The third kappa shape index (κ3) is 3.26. The quantitative estimate of drug-likeness (QED) is 0.687. The maximum Gasteiger partial charge on any atom is 0.421 e. The molecule has 4 rings (SSSR count). The van der Waals surface area contributed by atoms with Gasteiger partial charge >= 0.3 is 12.0 Å². The van der Waals surface area contributed by atoms with Gasteiger partial charge in [-0.3, -0.25) is 14.6 Å². The molecule has 9 heteroatoms. The minimum absolute atomic E-state index is 0.0434. The predicted octanol–water partition coefficient (Wildman–Crippen LogP) is 2.96. The topological polar surface area (TPSA) is 73.8 Å². The third-order valence-electron chi connectivity index (χ3n) is 6.01. The Bertz CT molecular complexity index is 1160. The van der Waals surface area contributed by atoms with E-state index in [1.165, 1.54) is 9.80 Å². The van der Waals surface area contributed by atoms with Crippen LogP contribution in [0, 0.1) is 20.8 Å². The largest absolute Gasteiger partial charge is 0.421 e. The summed E-state index contributed by atoms with van der Waals surface area (Å²) in [5, 5.41) is 5.15. The number of carbonyl (C=O) groups is 2. The van der Waals surface area contributed by atoms with Gasteiger partial charge in [0.05, 0.1) is 18.3 Å². The molecule has 0 spiro atoms. The lowest BCUT2D eigenvalue weighted by Crippen LogP contribution is -2.63. The number of aliphatic imine (C=N–C) groups is 1. The van der Waals surface area contributed by atoms with Gasteiger partial charge in [-0.2, -0.15) is 0 Å². The number of aromatic nitrogens is 2. The Labute approximate surface area is 186 Å². The highest BCUT2D eigenvalue weighted by atomic mass is 35.5. The van der Waals surface area contributed by atoms with Crippen molar-refractivity contribution in [1.29, 1.82) is 0 Å². The third-order valence-corrected chi connectivity index (χ3v) is 6.38. The van der Waals surface area contributed by atoms with Gasteiger partial charge in [0.15, 0.2) is 0 Å². The van der Waals surface area contributed by atoms with Crippen LogP contribution in [0.1, 0.15) is 36.4 Å². The minimum Gasteiger partial charge on any atom is -0.270 e. The van der Waals surface area contributed by atoms with Crippen molar-refractivity contribution in [3.8, 4) is 0 Å². The van der Waals surface area contributed by atoms with E-state index < -0.39 is 12.1 Å². The summed E-state index contributed by atoms with van der Waals surface area (Å²) in [5.41, 5.74) is 3.64. The van der Waals surface area contributed by atoms with Crippen LogP contribution in [0.3, 0.4) is 0 Å². The number of amidine groups is 1. The van der Waals surface area contributed by atoms with Gasteiger partial charge < -0.3 is 0 Å². The zero-order valence-electron chi connectivity index (χ0n) is 18.5. The van der Waals surface area contributed by atoms with E-state index in [0.29, 0.717) is 22.4 Å². The first-order valence-corrected chi connectivity index (χ1v) is 10.6. The number of halogens is 1. The molecule has 1 saturated heterocycles. The predicted molar refractivity (Wildman–Crippen MR) is 119 cm³/mol. The van der Waals surface area contributed by atoms with E-state index in [1.54, 1.807) is 17.8 Å². The average Bonchev–Trinajstić information content (AvgIpc) is 3.25. The highest BCUT2D eigenvalue weighted by molar-refractivity contribution is 6.31. The summed E-state index contributed by atoms with van der Waals surface area (Å²) in [6.45, 7) is 10.0. The number of hydrogen-bond donors (Lipinski definition) is 0. The second-order valence-electron chi connectivity index (χ2n) is 8.24. The number of imide groups is 1. The summed E-state index contributed by atoms with van der Waals surface area (Å²) in [6.07, 6.45) is 0. The lowest BCUT2D eigenvalue weighted by Gasteiger charge is -2.35. The normalized spacial score (nSPS) is 19.0. The molecule has 1 fully saturated rings. The number of urea groups is 1. The molecule has 3 amide bonds. The Morgan fingerprint density at radius 2 is 1.84 bits per heavy atom. The molecule has 2 aliphatic heterocycles. The molecule has 1 aromatic carbocycles. The molecule has 2 aromatic rings. The van der Waals surface area contributed by atoms with Gasteiger partial charge in [-0.15, -0.1) is 9.78 Å². The number of fused-ring (bicyclic) bond motifs is 1. The van der Waals surface area contributed by atoms with Crippen molar-refractivity contribution < 1.29 is 14.2 Å². The number of amides is 3. The molecular weight excluding hydrogens is 416 g/mol. The fourth-order valence-corrected chi connectivity index (χ4v) is 4.21. The number of benzene rings is 1. The summed E-state index contributed by atoms with van der Waals surface area (Å²) in [6, 6.07) is 6.05. The van der Waals surface area contributed by atoms with E-state index in [9.17, 15) is 9.59 Å². The van der Waals surface area contributed by atoms with Crippen molar-refractivity contribution in [2.75, 3.05) is 7.05 Å². The molecule has 8 nitrogen and oxygen atoms in total. The Morgan fingerprint density at radius 3 is 2.42 bits per heavy atom. The lowest BCUT2D eigenvalue weighted by molar-refractivity contribution is -0.567. The van der Waals surface area contributed by atoms with Crippen molar-refractivity contribution >= 4 is 35.3 Å². The summed E-state index contributed by atoms with van der Waals surface area (Å²) < 4.78 is 3.69. The van der Waals surface area contributed by atoms with E-state index >= 15 is 0 Å². The Morgan fingerprint density at radius 1 is 1.16 bits per heavy atom. The summed E-state index contributed by atoms with van der Waals surface area (Å²) >= 11 is 6.29. The maximum atomic E-state index is 13.6. The van der Waals surface area contributed by atoms with Crippen molar-refractivity contribution in [2.45, 2.75) is 53.2 Å². The molecule has 0 aliphatic carbocycles. The van der Waals surface area contributed by atoms with Gasteiger partial charge in [-0.05, 0) is 46.2 Å². The summed E-state index contributed by atoms with van der Waals surface area (Å²) in [4.78, 5) is 34.1. The zero-order chi connectivity index (χ0) is 22.6. The van der Waals surface area contributed by atoms with Gasteiger partial charge in [-0.1, -0.05) is 34.8 Å². The van der Waals surface area contributed by atoms with Crippen molar-refractivity contribution in [2.24, 2.45) is 4.99 Å². The van der Waals surface area contributed by atoms with Crippen LogP contribution >= 0.6 is 11.6 Å². The molecule has 1 atom stereocenters. The SMILES string of the molecule is Cc1nn(C2=[N+](C(C)C)C3C(=O)N(Cc4ccccc4Cl)C(=O)N(C)C3=N2)c(C)c1C. The molecule has 0 saturated carbocycles. The van der Waals surface area contributed by atoms with Gasteiger partial charge in [0.1, 0.15) is 5.69 Å². The molecule has 1 unspecified atom stereocenters. The summed E-state index contributed by atoms with van der Waals surface area (Å²) in [5.74, 6) is 0.652. The zero-order valence-corrected chi connectivity index (χ0v) is 19.3. The van der Waals surface area contributed by atoms with Gasteiger partial charge in [0.25, 0.3) is 5.91 Å². The van der Waals surface area contributed by atoms with Crippen LogP contribution in [0.4, 0.5) is 4.79 Å². The number of carbonyl (C=O) groups excluding carboxylic acids is 2. The first-order chi connectivity index (χ1) is 14.6. The van der Waals surface area contributed by atoms with Crippen molar-refractivity contribution in [3.63, 3.8) is 0 Å². The van der Waals surface area contributed by atoms with E-state index in [0.717, 1.165) is 17.0 Å². The standard InChI is InChI=1S/C22H26ClN6O2/c1-12(2)28-18-19(24-21(28)29-15(5)13(3)14(4)25-29)26(6)22(31)27(20(18)30)11-16-9-7-8-10-17(16)23/h7-10,12,18H,11H2,1-6H3/q+1. The Kier molecular flexibility index (Phi) is 5.21. The van der Waals surface area contributed by atoms with Crippen LogP contribution in [0.15, 0.2) is 29.3 Å². The number of hydrogen-bond acceptors (Lipinski definition) is 4. The highest BCUT2D eigenvalue weighted by Crippen LogP contribution is 2.26. The van der Waals surface area contributed by atoms with Crippen LogP contribution < -0.4 is 0 Å². The molecule has 3 heterocycles. The number of likely N-dealkylation sites (N-methyl/N-ethyl adjacent to an activating group) is 1. The van der Waals surface area contributed by atoms with Crippen LogP contribution in [0.25, 0.3) is 0 Å². The number of aryl methyl sites for hydroxylation is 1. The maximum absolute atomic E-state index is 13.6. The summed E-state index contributed by atoms with van der Waals surface area (Å²) in [7, 11) is 1.65. The number of rotatable bonds is 3.